The van der Waals surface area contributed by atoms with Crippen molar-refractivity contribution in [2.45, 2.75) is 6.04 Å². The molecule has 9 heteroatoms. The maximum absolute atomic E-state index is 11.9. The third-order valence-corrected chi connectivity index (χ3v) is 6.53. The van der Waals surface area contributed by atoms with Crippen molar-refractivity contribution >= 4 is 23.2 Å². The van der Waals surface area contributed by atoms with Gasteiger partial charge in [-0.15, -0.1) is 0 Å². The first-order valence-corrected chi connectivity index (χ1v) is 12.5. The molecule has 0 spiro atoms. The van der Waals surface area contributed by atoms with Gasteiger partial charge in [-0.25, -0.2) is 0 Å². The number of hydrazone groups is 1. The van der Waals surface area contributed by atoms with Crippen molar-refractivity contribution in [3.05, 3.63) is 137 Å². The Balaban J connectivity index is 0.00000370. The third-order valence-electron chi connectivity index (χ3n) is 6.53. The van der Waals surface area contributed by atoms with Crippen LogP contribution >= 0.6 is 0 Å². The van der Waals surface area contributed by atoms with E-state index in [0.717, 1.165) is 17.0 Å². The molecule has 1 radical (unpaired) electrons. The monoisotopic (exact) mass is 607 g/mol. The van der Waals surface area contributed by atoms with Crippen LogP contribution in [0, 0.1) is 5.92 Å². The molecule has 0 fully saturated rings. The Hall–Kier alpha value is -4.01. The zero-order valence-corrected chi connectivity index (χ0v) is 24.4. The van der Waals surface area contributed by atoms with Crippen LogP contribution in [0.25, 0.3) is 11.5 Å². The van der Waals surface area contributed by atoms with Gasteiger partial charge in [-0.05, 0) is 42.0 Å². The molecule has 1 heterocycles. The minimum atomic E-state index is -0.824. The van der Waals surface area contributed by atoms with E-state index >= 15 is 0 Å². The first-order chi connectivity index (χ1) is 19.0. The molecular formula is C31H26N4O4Y-2. The molecule has 0 aliphatic carbocycles. The number of ether oxygens (including phenoxy) is 2. The minimum Gasteiger partial charge on any atom is -0.663 e. The second-order valence-electron chi connectivity index (χ2n) is 8.98. The van der Waals surface area contributed by atoms with Crippen molar-refractivity contribution in [3.8, 4) is 11.5 Å². The third kappa shape index (κ3) is 6.41. The van der Waals surface area contributed by atoms with E-state index in [-0.39, 0.29) is 69.0 Å². The summed E-state index contributed by atoms with van der Waals surface area (Å²) in [5, 5.41) is 6.90. The average molecular weight is 607 g/mol. The zero-order valence-electron chi connectivity index (χ0n) is 21.6. The smallest absolute Gasteiger partial charge is 0.128 e. The Kier molecular flexibility index (Phi) is 9.69. The Bertz CT molecular complexity index is 1500. The summed E-state index contributed by atoms with van der Waals surface area (Å²) in [7, 11) is 0. The number of nitrogens with zero attached hydrogens (tertiary/aromatic N) is 2. The standard InChI is InChI=1S/C31H28N4O4.Y/c32-30(36)23-15-7-9-17-27(23)38-19-25-26(20-39-28-18-10-8-16-24(28)31(33)37)35(22-13-5-2-6-14-22)34-29(25)21-11-3-1-4-12-21;/h1-18,25-26H,19-20H2,(H4,32,33,36,37);/p-2/t25-,26-;/m1./s1. The van der Waals surface area contributed by atoms with Crippen LogP contribution in [0.1, 0.15) is 26.3 Å². The Morgan fingerprint density at radius 2 is 1.15 bits per heavy atom. The van der Waals surface area contributed by atoms with E-state index in [1.54, 1.807) is 48.5 Å². The molecule has 0 saturated heterocycles. The molecular weight excluding hydrogens is 581 g/mol. The molecule has 1 aliphatic rings. The van der Waals surface area contributed by atoms with Crippen molar-refractivity contribution in [1.82, 2.24) is 0 Å². The maximum Gasteiger partial charge on any atom is 0.128 e. The molecule has 2 amide bonds. The van der Waals surface area contributed by atoms with Gasteiger partial charge < -0.3 is 30.5 Å². The molecule has 199 valence electrons. The van der Waals surface area contributed by atoms with E-state index in [2.05, 4.69) is 0 Å². The number of rotatable bonds is 10. The van der Waals surface area contributed by atoms with Gasteiger partial charge >= 0.3 is 0 Å². The van der Waals surface area contributed by atoms with E-state index in [9.17, 15) is 9.59 Å². The molecule has 0 saturated carbocycles. The van der Waals surface area contributed by atoms with Crippen LogP contribution in [0.3, 0.4) is 0 Å². The summed E-state index contributed by atoms with van der Waals surface area (Å²) in [6.07, 6.45) is 0. The quantitative estimate of drug-likeness (QED) is 0.206. The van der Waals surface area contributed by atoms with Crippen molar-refractivity contribution < 1.29 is 51.8 Å². The summed E-state index contributed by atoms with van der Waals surface area (Å²) < 4.78 is 12.3. The molecule has 8 nitrogen and oxygen atoms in total. The van der Waals surface area contributed by atoms with Gasteiger partial charge in [-0.2, -0.15) is 5.10 Å². The van der Waals surface area contributed by atoms with E-state index in [0.29, 0.717) is 11.5 Å². The van der Waals surface area contributed by atoms with Crippen molar-refractivity contribution in [2.24, 2.45) is 11.0 Å². The SMILES string of the molecule is [NH-]C(=O)c1ccccc1OC[C@@H]1[C@@H](COc2ccccc2C([NH-])=O)C(c2ccccc2)=NN1c1ccccc1.[Y]. The number of carbonyl (C=O) groups excluding carboxylic acids is 2. The molecule has 4 aromatic rings. The van der Waals surface area contributed by atoms with Crippen molar-refractivity contribution in [2.75, 3.05) is 18.2 Å². The number of benzene rings is 4. The predicted molar refractivity (Wildman–Crippen MR) is 150 cm³/mol. The molecule has 0 unspecified atom stereocenters. The second kappa shape index (κ2) is 13.4. The minimum absolute atomic E-state index is 0. The number of amides is 2. The molecule has 4 aromatic carbocycles. The van der Waals surface area contributed by atoms with Crippen LogP contribution in [0.2, 0.25) is 0 Å². The average Bonchev–Trinajstić information content (AvgIpc) is 3.34. The molecule has 0 aromatic heterocycles. The Morgan fingerprint density at radius 1 is 0.675 bits per heavy atom. The summed E-state index contributed by atoms with van der Waals surface area (Å²) in [5.74, 6) is -1.30. The number of hydrogen-bond donors (Lipinski definition) is 0. The molecule has 0 bridgehead atoms. The number of para-hydroxylation sites is 3. The van der Waals surface area contributed by atoms with Gasteiger partial charge in [0.2, 0.25) is 0 Å². The molecule has 1 aliphatic heterocycles. The fourth-order valence-corrected chi connectivity index (χ4v) is 4.62. The van der Waals surface area contributed by atoms with Crippen LogP contribution in [-0.4, -0.2) is 36.8 Å². The molecule has 2 N–H and O–H groups in total. The van der Waals surface area contributed by atoms with E-state index in [4.69, 9.17) is 26.0 Å². The number of hydrogen-bond acceptors (Lipinski definition) is 6. The Morgan fingerprint density at radius 3 is 1.70 bits per heavy atom. The summed E-state index contributed by atoms with van der Waals surface area (Å²) in [6, 6.07) is 32.5. The van der Waals surface area contributed by atoms with Gasteiger partial charge in [0.25, 0.3) is 0 Å². The fraction of sp³-hybridized carbons (Fsp3) is 0.129. The van der Waals surface area contributed by atoms with Crippen LogP contribution in [-0.2, 0) is 32.7 Å². The normalized spacial score (nSPS) is 16.0. The summed E-state index contributed by atoms with van der Waals surface area (Å²) in [5.41, 5.74) is 18.1. The Labute approximate surface area is 257 Å². The van der Waals surface area contributed by atoms with E-state index < -0.39 is 11.8 Å². The first kappa shape index (κ1) is 29.0. The largest absolute Gasteiger partial charge is 0.663 e. The predicted octanol–water partition coefficient (Wildman–Crippen LogP) is 6.44. The van der Waals surface area contributed by atoms with Crippen LogP contribution < -0.4 is 14.5 Å². The van der Waals surface area contributed by atoms with Crippen LogP contribution in [0.5, 0.6) is 11.5 Å². The topological polar surface area (TPSA) is 116 Å². The number of carbonyl (C=O) groups is 2. The number of nitrogens with one attached hydrogen (secondary N) is 2. The van der Waals surface area contributed by atoms with E-state index in [1.807, 2.05) is 65.7 Å². The van der Waals surface area contributed by atoms with Gasteiger partial charge in [0.15, 0.2) is 0 Å². The van der Waals surface area contributed by atoms with Crippen molar-refractivity contribution in [3.63, 3.8) is 0 Å². The van der Waals surface area contributed by atoms with Crippen LogP contribution in [0.15, 0.2) is 114 Å². The van der Waals surface area contributed by atoms with Crippen molar-refractivity contribution in [1.29, 1.82) is 0 Å². The molecule has 5 rings (SSSR count). The van der Waals surface area contributed by atoms with Gasteiger partial charge in [0.05, 0.1) is 41.8 Å². The van der Waals surface area contributed by atoms with Gasteiger partial charge in [0.1, 0.15) is 18.1 Å². The summed E-state index contributed by atoms with van der Waals surface area (Å²) in [4.78, 5) is 23.8. The second-order valence-corrected chi connectivity index (χ2v) is 8.98. The van der Waals surface area contributed by atoms with Gasteiger partial charge in [0, 0.05) is 43.8 Å². The number of anilines is 1. The molecule has 40 heavy (non-hydrogen) atoms. The van der Waals surface area contributed by atoms with E-state index in [1.165, 1.54) is 0 Å². The van der Waals surface area contributed by atoms with Gasteiger partial charge in [-0.3, -0.25) is 5.01 Å². The van der Waals surface area contributed by atoms with Crippen LogP contribution in [0.4, 0.5) is 5.69 Å². The zero-order chi connectivity index (χ0) is 27.2. The molecule has 2 atom stereocenters. The fourth-order valence-electron chi connectivity index (χ4n) is 4.62. The summed E-state index contributed by atoms with van der Waals surface area (Å²) >= 11 is 0. The maximum atomic E-state index is 11.9. The first-order valence-electron chi connectivity index (χ1n) is 12.5. The van der Waals surface area contributed by atoms with Gasteiger partial charge in [-0.1, -0.05) is 72.8 Å². The summed E-state index contributed by atoms with van der Waals surface area (Å²) in [6.45, 7) is 0.306.